The number of carbonyl (C=O) groups is 1. The number of hydrogen-bond donors (Lipinski definition) is 2. The van der Waals surface area contributed by atoms with Crippen LogP contribution in [0.3, 0.4) is 0 Å². The third kappa shape index (κ3) is 4.78. The van der Waals surface area contributed by atoms with Crippen molar-refractivity contribution in [2.45, 2.75) is 20.0 Å². The highest BCUT2D eigenvalue weighted by molar-refractivity contribution is 7.15. The van der Waals surface area contributed by atoms with Crippen molar-refractivity contribution in [1.29, 1.82) is 0 Å². The molecule has 0 spiro atoms. The predicted octanol–water partition coefficient (Wildman–Crippen LogP) is 4.17. The molecule has 0 saturated carbocycles. The summed E-state index contributed by atoms with van der Waals surface area (Å²) in [6.45, 7) is 2.83. The Balaban J connectivity index is 1.53. The van der Waals surface area contributed by atoms with Gasteiger partial charge in [0.2, 0.25) is 0 Å². The van der Waals surface area contributed by atoms with Crippen LogP contribution >= 0.6 is 22.9 Å². The highest BCUT2D eigenvalue weighted by atomic mass is 35.5. The van der Waals surface area contributed by atoms with E-state index in [1.54, 1.807) is 35.9 Å². The molecule has 2 N–H and O–H groups in total. The number of aromatic nitrogens is 2. The molecule has 0 atom stereocenters. The maximum Gasteiger partial charge on any atom is 0.315 e. The lowest BCUT2D eigenvalue weighted by molar-refractivity contribution is 0.240. The minimum Gasteiger partial charge on any atom is -0.334 e. The van der Waals surface area contributed by atoms with Crippen LogP contribution in [0.5, 0.6) is 0 Å². The van der Waals surface area contributed by atoms with E-state index in [0.717, 1.165) is 26.7 Å². The molecule has 3 aromatic rings. The average Bonchev–Trinajstić information content (AvgIpc) is 3.01. The molecule has 0 aliphatic rings. The van der Waals surface area contributed by atoms with Crippen LogP contribution in [0.25, 0.3) is 10.6 Å². The number of rotatable bonds is 5. The lowest BCUT2D eigenvalue weighted by atomic mass is 10.2. The standard InChI is InChI=1S/C18H17ClN4OS/c1-12-16(25-17(23-12)14-3-2-8-20-10-14)11-22-18(24)21-9-13-4-6-15(19)7-5-13/h2-8,10H,9,11H2,1H3,(H2,21,22,24). The molecular formula is C18H17ClN4OS. The van der Waals surface area contributed by atoms with Crippen molar-refractivity contribution >= 4 is 29.0 Å². The van der Waals surface area contributed by atoms with E-state index >= 15 is 0 Å². The van der Waals surface area contributed by atoms with E-state index < -0.39 is 0 Å². The van der Waals surface area contributed by atoms with E-state index in [4.69, 9.17) is 11.6 Å². The number of carbonyl (C=O) groups excluding carboxylic acids is 1. The van der Waals surface area contributed by atoms with Gasteiger partial charge in [0, 0.05) is 34.4 Å². The first-order chi connectivity index (χ1) is 12.1. The molecule has 3 rings (SSSR count). The Kier molecular flexibility index (Phi) is 5.63. The first-order valence-electron chi connectivity index (χ1n) is 7.74. The Labute approximate surface area is 155 Å². The third-order valence-electron chi connectivity index (χ3n) is 3.58. The molecule has 128 valence electrons. The number of benzene rings is 1. The van der Waals surface area contributed by atoms with Crippen LogP contribution in [-0.4, -0.2) is 16.0 Å². The lowest BCUT2D eigenvalue weighted by Gasteiger charge is -2.07. The van der Waals surface area contributed by atoms with Gasteiger partial charge in [-0.25, -0.2) is 9.78 Å². The zero-order valence-electron chi connectivity index (χ0n) is 13.6. The van der Waals surface area contributed by atoms with E-state index in [2.05, 4.69) is 20.6 Å². The maximum absolute atomic E-state index is 12.0. The SMILES string of the molecule is Cc1nc(-c2cccnc2)sc1CNC(=O)NCc1ccc(Cl)cc1. The van der Waals surface area contributed by atoms with Crippen molar-refractivity contribution in [3.63, 3.8) is 0 Å². The Bertz CT molecular complexity index is 849. The normalized spacial score (nSPS) is 10.5. The van der Waals surface area contributed by atoms with Crippen LogP contribution in [0, 0.1) is 6.92 Å². The number of urea groups is 1. The second-order valence-corrected chi connectivity index (χ2v) is 6.95. The van der Waals surface area contributed by atoms with Gasteiger partial charge >= 0.3 is 6.03 Å². The van der Waals surface area contributed by atoms with Crippen LogP contribution in [0.4, 0.5) is 4.79 Å². The first-order valence-corrected chi connectivity index (χ1v) is 8.94. The third-order valence-corrected chi connectivity index (χ3v) is 5.04. The Hall–Kier alpha value is -2.44. The van der Waals surface area contributed by atoms with Gasteiger partial charge in [-0.3, -0.25) is 4.98 Å². The molecule has 5 nitrogen and oxygen atoms in total. The van der Waals surface area contributed by atoms with Gasteiger partial charge in [0.25, 0.3) is 0 Å². The quantitative estimate of drug-likeness (QED) is 0.706. The highest BCUT2D eigenvalue weighted by Crippen LogP contribution is 2.27. The summed E-state index contributed by atoms with van der Waals surface area (Å²) in [7, 11) is 0. The van der Waals surface area contributed by atoms with E-state index in [1.807, 2.05) is 31.2 Å². The molecular weight excluding hydrogens is 356 g/mol. The van der Waals surface area contributed by atoms with Gasteiger partial charge in [-0.1, -0.05) is 23.7 Å². The number of thiazole rings is 1. The van der Waals surface area contributed by atoms with Crippen molar-refractivity contribution in [2.75, 3.05) is 0 Å². The van der Waals surface area contributed by atoms with Gasteiger partial charge in [0.1, 0.15) is 5.01 Å². The molecule has 0 saturated heterocycles. The van der Waals surface area contributed by atoms with Crippen LogP contribution in [-0.2, 0) is 13.1 Å². The molecule has 1 aromatic carbocycles. The lowest BCUT2D eigenvalue weighted by Crippen LogP contribution is -2.34. The van der Waals surface area contributed by atoms with E-state index in [-0.39, 0.29) is 6.03 Å². The molecule has 2 amide bonds. The number of halogens is 1. The fraction of sp³-hybridized carbons (Fsp3) is 0.167. The van der Waals surface area contributed by atoms with Crippen LogP contribution in [0.2, 0.25) is 5.02 Å². The summed E-state index contributed by atoms with van der Waals surface area (Å²) in [4.78, 5) is 21.7. The van der Waals surface area contributed by atoms with Gasteiger partial charge in [-0.05, 0) is 36.8 Å². The molecule has 0 fully saturated rings. The summed E-state index contributed by atoms with van der Waals surface area (Å²) in [5.41, 5.74) is 2.89. The van der Waals surface area contributed by atoms with E-state index in [1.165, 1.54) is 0 Å². The number of hydrogen-bond acceptors (Lipinski definition) is 4. The molecule has 25 heavy (non-hydrogen) atoms. The van der Waals surface area contributed by atoms with Crippen molar-refractivity contribution < 1.29 is 4.79 Å². The predicted molar refractivity (Wildman–Crippen MR) is 101 cm³/mol. The number of nitrogens with zero attached hydrogens (tertiary/aromatic N) is 2. The number of pyridine rings is 1. The minimum atomic E-state index is -0.217. The molecule has 2 heterocycles. The molecule has 0 bridgehead atoms. The smallest absolute Gasteiger partial charge is 0.315 e. The maximum atomic E-state index is 12.0. The molecule has 0 aliphatic carbocycles. The van der Waals surface area contributed by atoms with E-state index in [0.29, 0.717) is 18.1 Å². The Morgan fingerprint density at radius 1 is 1.16 bits per heavy atom. The minimum absolute atomic E-state index is 0.217. The summed E-state index contributed by atoms with van der Waals surface area (Å²) in [5.74, 6) is 0. The van der Waals surface area contributed by atoms with Crippen molar-refractivity contribution in [2.24, 2.45) is 0 Å². The van der Waals surface area contributed by atoms with Gasteiger partial charge in [-0.2, -0.15) is 0 Å². The zero-order chi connectivity index (χ0) is 17.6. The van der Waals surface area contributed by atoms with Crippen molar-refractivity contribution in [1.82, 2.24) is 20.6 Å². The average molecular weight is 373 g/mol. The summed E-state index contributed by atoms with van der Waals surface area (Å²) < 4.78 is 0. The number of amides is 2. The zero-order valence-corrected chi connectivity index (χ0v) is 15.2. The van der Waals surface area contributed by atoms with Gasteiger partial charge in [0.05, 0.1) is 12.2 Å². The molecule has 0 unspecified atom stereocenters. The second-order valence-electron chi connectivity index (χ2n) is 5.43. The topological polar surface area (TPSA) is 66.9 Å². The highest BCUT2D eigenvalue weighted by Gasteiger charge is 2.10. The Morgan fingerprint density at radius 2 is 1.92 bits per heavy atom. The summed E-state index contributed by atoms with van der Waals surface area (Å²) in [6.07, 6.45) is 3.52. The summed E-state index contributed by atoms with van der Waals surface area (Å²) in [5, 5.41) is 7.28. The monoisotopic (exact) mass is 372 g/mol. The molecule has 2 aromatic heterocycles. The van der Waals surface area contributed by atoms with E-state index in [9.17, 15) is 4.79 Å². The first kappa shape index (κ1) is 17.4. The van der Waals surface area contributed by atoms with Crippen LogP contribution < -0.4 is 10.6 Å². The Morgan fingerprint density at radius 3 is 2.64 bits per heavy atom. The van der Waals surface area contributed by atoms with Gasteiger partial charge in [-0.15, -0.1) is 11.3 Å². The van der Waals surface area contributed by atoms with Crippen molar-refractivity contribution in [3.05, 3.63) is 69.9 Å². The number of aryl methyl sites for hydroxylation is 1. The van der Waals surface area contributed by atoms with Crippen molar-refractivity contribution in [3.8, 4) is 10.6 Å². The fourth-order valence-electron chi connectivity index (χ4n) is 2.21. The number of nitrogens with one attached hydrogen (secondary N) is 2. The van der Waals surface area contributed by atoms with Crippen LogP contribution in [0.1, 0.15) is 16.1 Å². The largest absolute Gasteiger partial charge is 0.334 e. The summed E-state index contributed by atoms with van der Waals surface area (Å²) in [6, 6.07) is 11.0. The second kappa shape index (κ2) is 8.09. The fourth-order valence-corrected chi connectivity index (χ4v) is 3.33. The molecule has 0 aliphatic heterocycles. The van der Waals surface area contributed by atoms with Gasteiger partial charge < -0.3 is 10.6 Å². The van der Waals surface area contributed by atoms with Crippen LogP contribution in [0.15, 0.2) is 48.8 Å². The molecule has 0 radical (unpaired) electrons. The van der Waals surface area contributed by atoms with Gasteiger partial charge in [0.15, 0.2) is 0 Å². The molecule has 7 heteroatoms. The summed E-state index contributed by atoms with van der Waals surface area (Å²) >= 11 is 7.41.